The Labute approximate surface area is 69.2 Å². The van der Waals surface area contributed by atoms with Crippen molar-refractivity contribution in [2.24, 2.45) is 0 Å². The van der Waals surface area contributed by atoms with Gasteiger partial charge in [-0.2, -0.15) is 0 Å². The molecule has 1 heterocycles. The topological polar surface area (TPSA) is 38.0 Å². The van der Waals surface area contributed by atoms with Crippen LogP contribution in [0.4, 0.5) is 0 Å². The van der Waals surface area contributed by atoms with Crippen molar-refractivity contribution in [3.05, 3.63) is 30.0 Å². The Hall–Kier alpha value is -1.95. The third-order valence-electron chi connectivity index (χ3n) is 1.71. The van der Waals surface area contributed by atoms with Crippen LogP contribution in [-0.4, -0.2) is 15.2 Å². The molecule has 1 aromatic carbocycles. The van der Waals surface area contributed by atoms with Crippen molar-refractivity contribution in [3.63, 3.8) is 0 Å². The van der Waals surface area contributed by atoms with Crippen LogP contribution in [0.2, 0.25) is 0 Å². The summed E-state index contributed by atoms with van der Waals surface area (Å²) in [7, 11) is 0. The average Bonchev–Trinajstić information content (AvgIpc) is 2.44. The predicted octanol–water partition coefficient (Wildman–Crippen LogP) is 1.25. The first-order chi connectivity index (χ1) is 5.83. The van der Waals surface area contributed by atoms with Crippen molar-refractivity contribution in [1.29, 1.82) is 0 Å². The molecule has 1 N–H and O–H groups in total. The van der Waals surface area contributed by atoms with Gasteiger partial charge >= 0.3 is 0 Å². The summed E-state index contributed by atoms with van der Waals surface area (Å²) in [5, 5.41) is 13.8. The van der Waals surface area contributed by atoms with Crippen LogP contribution in [0.15, 0.2) is 24.3 Å². The molecule has 0 spiro atoms. The van der Waals surface area contributed by atoms with Gasteiger partial charge in [0.25, 0.3) is 0 Å². The summed E-state index contributed by atoms with van der Waals surface area (Å²) in [6.45, 7) is 0. The van der Waals surface area contributed by atoms with E-state index in [0.29, 0.717) is 11.2 Å². The van der Waals surface area contributed by atoms with Crippen LogP contribution >= 0.6 is 0 Å². The van der Waals surface area contributed by atoms with Crippen LogP contribution in [0.5, 0.6) is 0 Å². The maximum atomic E-state index is 9.23. The Morgan fingerprint density at radius 1 is 1.42 bits per heavy atom. The second-order valence-electron chi connectivity index (χ2n) is 2.40. The minimum absolute atomic E-state index is 0.466. The number of hydrogen-bond donors (Lipinski definition) is 1. The lowest BCUT2D eigenvalue weighted by molar-refractivity contribution is 0.161. The summed E-state index contributed by atoms with van der Waals surface area (Å²) in [5.74, 6) is 2.40. The largest absolute Gasteiger partial charge is 0.411 e. The van der Waals surface area contributed by atoms with Gasteiger partial charge in [-0.05, 0) is 18.1 Å². The number of nitrogens with zero attached hydrogens (tertiary/aromatic N) is 2. The zero-order chi connectivity index (χ0) is 8.55. The molecule has 0 atom stereocenters. The van der Waals surface area contributed by atoms with Crippen molar-refractivity contribution >= 4 is 10.9 Å². The van der Waals surface area contributed by atoms with Gasteiger partial charge < -0.3 is 5.21 Å². The fourth-order valence-corrected chi connectivity index (χ4v) is 1.16. The van der Waals surface area contributed by atoms with Crippen LogP contribution in [0, 0.1) is 12.3 Å². The van der Waals surface area contributed by atoms with Crippen molar-refractivity contribution in [1.82, 2.24) is 9.94 Å². The summed E-state index contributed by atoms with van der Waals surface area (Å²) >= 11 is 0. The summed E-state index contributed by atoms with van der Waals surface area (Å²) in [6.07, 6.45) is 5.19. The lowest BCUT2D eigenvalue weighted by Crippen LogP contribution is -1.91. The second-order valence-corrected chi connectivity index (χ2v) is 2.40. The van der Waals surface area contributed by atoms with E-state index >= 15 is 0 Å². The zero-order valence-electron chi connectivity index (χ0n) is 6.23. The van der Waals surface area contributed by atoms with Gasteiger partial charge in [-0.1, -0.05) is 12.1 Å². The monoisotopic (exact) mass is 158 g/mol. The highest BCUT2D eigenvalue weighted by Crippen LogP contribution is 2.15. The minimum Gasteiger partial charge on any atom is -0.411 e. The van der Waals surface area contributed by atoms with Crippen LogP contribution in [0.25, 0.3) is 10.9 Å². The van der Waals surface area contributed by atoms with Gasteiger partial charge in [0.15, 0.2) is 0 Å². The molecule has 0 fully saturated rings. The fraction of sp³-hybridized carbons (Fsp3) is 0. The van der Waals surface area contributed by atoms with Crippen LogP contribution in [-0.2, 0) is 0 Å². The van der Waals surface area contributed by atoms with E-state index in [2.05, 4.69) is 11.0 Å². The highest BCUT2D eigenvalue weighted by atomic mass is 16.5. The van der Waals surface area contributed by atoms with Crippen LogP contribution < -0.4 is 0 Å². The lowest BCUT2D eigenvalue weighted by Gasteiger charge is -1.88. The highest BCUT2D eigenvalue weighted by molar-refractivity contribution is 5.84. The molecule has 1 aromatic heterocycles. The summed E-state index contributed by atoms with van der Waals surface area (Å²) in [5.41, 5.74) is 1.10. The third kappa shape index (κ3) is 0.753. The molecule has 0 bridgehead atoms. The highest BCUT2D eigenvalue weighted by Gasteiger charge is 2.05. The summed E-state index contributed by atoms with van der Waals surface area (Å²) < 4.78 is 0. The molecule has 58 valence electrons. The Kier molecular flexibility index (Phi) is 1.28. The van der Waals surface area contributed by atoms with E-state index in [0.717, 1.165) is 10.2 Å². The number of terminal acetylenes is 1. The molecule has 2 aromatic rings. The molecule has 0 amide bonds. The average molecular weight is 158 g/mol. The fourth-order valence-electron chi connectivity index (χ4n) is 1.16. The first-order valence-corrected chi connectivity index (χ1v) is 3.46. The summed E-state index contributed by atoms with van der Waals surface area (Å²) in [6, 6.07) is 7.25. The number of rotatable bonds is 0. The van der Waals surface area contributed by atoms with Crippen LogP contribution in [0.3, 0.4) is 0 Å². The molecule has 3 nitrogen and oxygen atoms in total. The van der Waals surface area contributed by atoms with E-state index in [1.54, 1.807) is 6.07 Å². The molecule has 0 radical (unpaired) electrons. The number of fused-ring (bicyclic) bond motifs is 1. The quantitative estimate of drug-likeness (QED) is 0.463. The van der Waals surface area contributed by atoms with Gasteiger partial charge in [0.05, 0.1) is 0 Å². The molecule has 12 heavy (non-hydrogen) atoms. The summed E-state index contributed by atoms with van der Waals surface area (Å²) in [4.78, 5) is 0.796. The Morgan fingerprint density at radius 2 is 2.17 bits per heavy atom. The van der Waals surface area contributed by atoms with Crippen molar-refractivity contribution in [3.8, 4) is 12.3 Å². The van der Waals surface area contributed by atoms with Gasteiger partial charge in [0.1, 0.15) is 11.2 Å². The lowest BCUT2D eigenvalue weighted by atomic mass is 10.2. The first kappa shape index (κ1) is 6.74. The van der Waals surface area contributed by atoms with E-state index < -0.39 is 0 Å². The standard InChI is InChI=1S/C9H6N2O/c1-2-8-7-5-3-4-6-9(7)11(12)10-8/h1,3-6,12H. The Morgan fingerprint density at radius 3 is 2.92 bits per heavy atom. The molecule has 3 heteroatoms. The molecule has 0 aliphatic carbocycles. The molecule has 2 rings (SSSR count). The minimum atomic E-state index is 0.466. The third-order valence-corrected chi connectivity index (χ3v) is 1.71. The van der Waals surface area contributed by atoms with Crippen molar-refractivity contribution in [2.75, 3.05) is 0 Å². The van der Waals surface area contributed by atoms with Gasteiger partial charge in [-0.15, -0.1) is 16.4 Å². The molecule has 0 unspecified atom stereocenters. The second kappa shape index (κ2) is 2.28. The van der Waals surface area contributed by atoms with E-state index in [-0.39, 0.29) is 0 Å². The predicted molar refractivity (Wildman–Crippen MR) is 44.9 cm³/mol. The van der Waals surface area contributed by atoms with Gasteiger partial charge in [-0.3, -0.25) is 0 Å². The Bertz CT molecular complexity index is 465. The van der Waals surface area contributed by atoms with E-state index in [1.165, 1.54) is 0 Å². The van der Waals surface area contributed by atoms with Crippen LogP contribution in [0.1, 0.15) is 5.69 Å². The maximum absolute atomic E-state index is 9.23. The number of hydrogen-bond acceptors (Lipinski definition) is 2. The van der Waals surface area contributed by atoms with Crippen molar-refractivity contribution < 1.29 is 5.21 Å². The Balaban J connectivity index is 2.94. The van der Waals surface area contributed by atoms with E-state index in [9.17, 15) is 5.21 Å². The smallest absolute Gasteiger partial charge is 0.146 e. The molecule has 0 aliphatic rings. The molecule has 0 aliphatic heterocycles. The molecule has 0 saturated carbocycles. The van der Waals surface area contributed by atoms with Crippen molar-refractivity contribution in [2.45, 2.75) is 0 Å². The van der Waals surface area contributed by atoms with Gasteiger partial charge in [0.2, 0.25) is 0 Å². The first-order valence-electron chi connectivity index (χ1n) is 3.46. The molecular weight excluding hydrogens is 152 g/mol. The van der Waals surface area contributed by atoms with Gasteiger partial charge in [0, 0.05) is 5.39 Å². The van der Waals surface area contributed by atoms with E-state index in [1.807, 2.05) is 18.2 Å². The normalized spacial score (nSPS) is 9.92. The van der Waals surface area contributed by atoms with Gasteiger partial charge in [-0.25, -0.2) is 0 Å². The molecule has 0 saturated heterocycles. The number of aromatic nitrogens is 2. The number of para-hydroxylation sites is 1. The number of benzene rings is 1. The van der Waals surface area contributed by atoms with E-state index in [4.69, 9.17) is 6.42 Å². The maximum Gasteiger partial charge on any atom is 0.146 e. The molecular formula is C9H6N2O. The SMILES string of the molecule is C#Cc1nn(O)c2ccccc12. The zero-order valence-corrected chi connectivity index (χ0v) is 6.23.